The highest BCUT2D eigenvalue weighted by Crippen LogP contribution is 2.28. The first-order valence-electron chi connectivity index (χ1n) is 3.89. The van der Waals surface area contributed by atoms with Gasteiger partial charge < -0.3 is 5.32 Å². The number of alkyl halides is 1. The molecule has 0 aromatic carbocycles. The minimum atomic E-state index is -0.693. The van der Waals surface area contributed by atoms with Crippen LogP contribution in [0.2, 0.25) is 0 Å². The van der Waals surface area contributed by atoms with Crippen LogP contribution in [0.1, 0.15) is 27.2 Å². The van der Waals surface area contributed by atoms with Gasteiger partial charge in [-0.2, -0.15) is 0 Å². The van der Waals surface area contributed by atoms with Crippen LogP contribution >= 0.6 is 0 Å². The molecule has 0 spiro atoms. The van der Waals surface area contributed by atoms with Gasteiger partial charge in [-0.3, -0.25) is 0 Å². The van der Waals surface area contributed by atoms with E-state index in [1.807, 2.05) is 20.8 Å². The van der Waals surface area contributed by atoms with Crippen LogP contribution in [0, 0.1) is 5.41 Å². The minimum absolute atomic E-state index is 0.125. The number of nitrogens with one attached hydrogen (secondary N) is 1. The fraction of sp³-hybridized carbons (Fsp3) is 1.00. The molecule has 1 heterocycles. The van der Waals surface area contributed by atoms with Gasteiger partial charge in [0.25, 0.3) is 0 Å². The average molecular weight is 145 g/mol. The molecule has 10 heavy (non-hydrogen) atoms. The Morgan fingerprint density at radius 3 is 2.10 bits per heavy atom. The first-order valence-corrected chi connectivity index (χ1v) is 3.89. The van der Waals surface area contributed by atoms with Crippen molar-refractivity contribution >= 4 is 0 Å². The van der Waals surface area contributed by atoms with Crippen molar-refractivity contribution in [3.63, 3.8) is 0 Å². The molecule has 2 unspecified atom stereocenters. The van der Waals surface area contributed by atoms with E-state index in [4.69, 9.17) is 0 Å². The Balaban J connectivity index is 2.39. The van der Waals surface area contributed by atoms with E-state index in [0.717, 1.165) is 13.0 Å². The Labute approximate surface area is 62.0 Å². The molecule has 0 aromatic heterocycles. The normalized spacial score (nSPS) is 29.4. The van der Waals surface area contributed by atoms with Crippen molar-refractivity contribution in [2.24, 2.45) is 5.41 Å². The number of rotatable bonds is 1. The average Bonchev–Trinajstić information content (AvgIpc) is 1.57. The summed E-state index contributed by atoms with van der Waals surface area (Å²) < 4.78 is 13.3. The quantitative estimate of drug-likeness (QED) is 0.592. The van der Waals surface area contributed by atoms with Crippen molar-refractivity contribution in [3.8, 4) is 0 Å². The summed E-state index contributed by atoms with van der Waals surface area (Å²) in [5.41, 5.74) is -0.196. The lowest BCUT2D eigenvalue weighted by Crippen LogP contribution is -2.53. The third-order valence-corrected chi connectivity index (χ3v) is 2.04. The summed E-state index contributed by atoms with van der Waals surface area (Å²) in [5, 5.41) is 3.08. The predicted octanol–water partition coefficient (Wildman–Crippen LogP) is 1.73. The van der Waals surface area contributed by atoms with Crippen LogP contribution in [-0.4, -0.2) is 18.8 Å². The van der Waals surface area contributed by atoms with Gasteiger partial charge in [0, 0.05) is 6.04 Å². The molecule has 0 bridgehead atoms. The second-order valence-corrected chi connectivity index (χ2v) is 4.12. The summed E-state index contributed by atoms with van der Waals surface area (Å²) in [5.74, 6) is 0. The fourth-order valence-corrected chi connectivity index (χ4v) is 1.16. The molecule has 1 aliphatic rings. The Morgan fingerprint density at radius 1 is 1.50 bits per heavy atom. The van der Waals surface area contributed by atoms with Crippen molar-refractivity contribution < 1.29 is 4.39 Å². The maximum absolute atomic E-state index is 13.3. The summed E-state index contributed by atoms with van der Waals surface area (Å²) in [7, 11) is 0. The van der Waals surface area contributed by atoms with Gasteiger partial charge in [0.1, 0.15) is 6.17 Å². The first-order chi connectivity index (χ1) is 4.52. The van der Waals surface area contributed by atoms with Gasteiger partial charge in [0.05, 0.1) is 0 Å². The van der Waals surface area contributed by atoms with Crippen molar-refractivity contribution in [2.75, 3.05) is 6.54 Å². The lowest BCUT2D eigenvalue weighted by atomic mass is 9.82. The molecular formula is C8H16FN. The molecule has 1 fully saturated rings. The van der Waals surface area contributed by atoms with Gasteiger partial charge in [-0.1, -0.05) is 20.8 Å². The summed E-state index contributed by atoms with van der Waals surface area (Å²) in [6.07, 6.45) is 0.305. The standard InChI is InChI=1S/C8H16FN/c1-8(2,3)7(9)6-4-5-10-6/h6-7,10H,4-5H2,1-3H3. The van der Waals surface area contributed by atoms with Crippen LogP contribution in [0.4, 0.5) is 4.39 Å². The number of halogens is 1. The third-order valence-electron chi connectivity index (χ3n) is 2.04. The topological polar surface area (TPSA) is 12.0 Å². The molecule has 1 saturated heterocycles. The van der Waals surface area contributed by atoms with E-state index >= 15 is 0 Å². The van der Waals surface area contributed by atoms with E-state index in [2.05, 4.69) is 5.32 Å². The van der Waals surface area contributed by atoms with E-state index in [1.54, 1.807) is 0 Å². The zero-order valence-electron chi connectivity index (χ0n) is 6.95. The van der Waals surface area contributed by atoms with Gasteiger partial charge in [-0.25, -0.2) is 4.39 Å². The molecule has 0 amide bonds. The van der Waals surface area contributed by atoms with Gasteiger partial charge in [-0.15, -0.1) is 0 Å². The zero-order chi connectivity index (χ0) is 7.78. The Bertz CT molecular complexity index is 113. The molecular weight excluding hydrogens is 129 g/mol. The summed E-state index contributed by atoms with van der Waals surface area (Å²) in [6, 6.07) is 0.125. The van der Waals surface area contributed by atoms with Crippen LogP contribution in [0.15, 0.2) is 0 Å². The monoisotopic (exact) mass is 145 g/mol. The van der Waals surface area contributed by atoms with Crippen molar-refractivity contribution in [3.05, 3.63) is 0 Å². The van der Waals surface area contributed by atoms with Crippen LogP contribution in [0.5, 0.6) is 0 Å². The first kappa shape index (κ1) is 7.99. The van der Waals surface area contributed by atoms with Gasteiger partial charge in [0.2, 0.25) is 0 Å². The van der Waals surface area contributed by atoms with Crippen LogP contribution < -0.4 is 5.32 Å². The molecule has 1 N–H and O–H groups in total. The van der Waals surface area contributed by atoms with E-state index in [0.29, 0.717) is 0 Å². The maximum atomic E-state index is 13.3. The van der Waals surface area contributed by atoms with E-state index < -0.39 is 6.17 Å². The largest absolute Gasteiger partial charge is 0.311 e. The van der Waals surface area contributed by atoms with Gasteiger partial charge in [-0.05, 0) is 18.4 Å². The Morgan fingerprint density at radius 2 is 2.00 bits per heavy atom. The second-order valence-electron chi connectivity index (χ2n) is 4.12. The van der Waals surface area contributed by atoms with Gasteiger partial charge in [0.15, 0.2) is 0 Å². The lowest BCUT2D eigenvalue weighted by Gasteiger charge is -2.37. The van der Waals surface area contributed by atoms with Crippen molar-refractivity contribution in [1.29, 1.82) is 0 Å². The fourth-order valence-electron chi connectivity index (χ4n) is 1.16. The van der Waals surface area contributed by atoms with Crippen LogP contribution in [-0.2, 0) is 0 Å². The predicted molar refractivity (Wildman–Crippen MR) is 40.8 cm³/mol. The van der Waals surface area contributed by atoms with Crippen LogP contribution in [0.25, 0.3) is 0 Å². The molecule has 2 atom stereocenters. The van der Waals surface area contributed by atoms with Gasteiger partial charge >= 0.3 is 0 Å². The molecule has 0 aliphatic carbocycles. The van der Waals surface area contributed by atoms with E-state index in [9.17, 15) is 4.39 Å². The Hall–Kier alpha value is -0.110. The zero-order valence-corrected chi connectivity index (χ0v) is 6.95. The molecule has 1 rings (SSSR count). The van der Waals surface area contributed by atoms with Crippen LogP contribution in [0.3, 0.4) is 0 Å². The van der Waals surface area contributed by atoms with Crippen molar-refractivity contribution in [2.45, 2.75) is 39.4 Å². The molecule has 60 valence electrons. The second kappa shape index (κ2) is 2.50. The highest BCUT2D eigenvalue weighted by Gasteiger charge is 2.35. The summed E-state index contributed by atoms with van der Waals surface area (Å²) in [6.45, 7) is 6.81. The summed E-state index contributed by atoms with van der Waals surface area (Å²) >= 11 is 0. The maximum Gasteiger partial charge on any atom is 0.120 e. The molecule has 1 nitrogen and oxygen atoms in total. The molecule has 0 aromatic rings. The molecule has 2 heteroatoms. The highest BCUT2D eigenvalue weighted by molar-refractivity contribution is 4.90. The van der Waals surface area contributed by atoms with E-state index in [1.165, 1.54) is 0 Å². The molecule has 1 aliphatic heterocycles. The number of hydrogen-bond donors (Lipinski definition) is 1. The SMILES string of the molecule is CC(C)(C)C(F)C1CCN1. The molecule has 0 saturated carbocycles. The highest BCUT2D eigenvalue weighted by atomic mass is 19.1. The number of hydrogen-bond acceptors (Lipinski definition) is 1. The lowest BCUT2D eigenvalue weighted by molar-refractivity contribution is 0.0860. The smallest absolute Gasteiger partial charge is 0.120 e. The summed E-state index contributed by atoms with van der Waals surface area (Å²) in [4.78, 5) is 0. The minimum Gasteiger partial charge on any atom is -0.311 e. The van der Waals surface area contributed by atoms with Crippen molar-refractivity contribution in [1.82, 2.24) is 5.32 Å². The molecule has 0 radical (unpaired) electrons. The third kappa shape index (κ3) is 1.48. The Kier molecular flexibility index (Phi) is 1.99. The van der Waals surface area contributed by atoms with E-state index in [-0.39, 0.29) is 11.5 Å².